The quantitative estimate of drug-likeness (QED) is 0.412. The van der Waals surface area contributed by atoms with Crippen LogP contribution < -0.4 is 14.8 Å². The molecule has 3 aliphatic rings. The van der Waals surface area contributed by atoms with E-state index in [2.05, 4.69) is 20.2 Å². The average molecular weight is 572 g/mol. The second kappa shape index (κ2) is 10.6. The Balaban J connectivity index is 1.27. The standard InChI is InChI=1S/C29H32F3N5O4/c1-16(19-5-4-6-20(25(19)30)26(31)32)33-27-21-11-24(23(39-3)12-22(21)34-17(2)35-27)41-28(38)37-10-9-36(18-13-40-14-18)15-29(37)7-8-29/h4-6,11-12,16,18,26H,7-10,13-15H2,1-3H3,(H,33,34,35). The Morgan fingerprint density at radius 1 is 1.15 bits per heavy atom. The van der Waals surface area contributed by atoms with E-state index in [1.54, 1.807) is 26.0 Å². The molecule has 3 aromatic rings. The molecule has 2 aromatic carbocycles. The first-order valence-corrected chi connectivity index (χ1v) is 13.7. The van der Waals surface area contributed by atoms with Crippen LogP contribution in [0.3, 0.4) is 0 Å². The Morgan fingerprint density at radius 3 is 2.56 bits per heavy atom. The smallest absolute Gasteiger partial charge is 0.415 e. The molecule has 1 unspecified atom stereocenters. The summed E-state index contributed by atoms with van der Waals surface area (Å²) in [7, 11) is 1.48. The fourth-order valence-corrected chi connectivity index (χ4v) is 5.72. The van der Waals surface area contributed by atoms with Gasteiger partial charge >= 0.3 is 6.09 Å². The van der Waals surface area contributed by atoms with E-state index in [9.17, 15) is 18.0 Å². The number of fused-ring (bicyclic) bond motifs is 1. The first-order valence-electron chi connectivity index (χ1n) is 13.7. The van der Waals surface area contributed by atoms with Crippen molar-refractivity contribution in [3.8, 4) is 11.5 Å². The molecule has 1 atom stereocenters. The number of halogens is 3. The minimum Gasteiger partial charge on any atom is -0.493 e. The number of piperazine rings is 1. The summed E-state index contributed by atoms with van der Waals surface area (Å²) in [6, 6.07) is 6.91. The number of nitrogens with zero attached hydrogens (tertiary/aromatic N) is 4. The van der Waals surface area contributed by atoms with Gasteiger partial charge in [0, 0.05) is 36.7 Å². The van der Waals surface area contributed by atoms with Gasteiger partial charge in [-0.3, -0.25) is 9.80 Å². The molecule has 1 spiro atoms. The fourth-order valence-electron chi connectivity index (χ4n) is 5.72. The molecule has 2 aliphatic heterocycles. The number of hydrogen-bond donors (Lipinski definition) is 1. The fraction of sp³-hybridized carbons (Fsp3) is 0.483. The molecule has 0 radical (unpaired) electrons. The van der Waals surface area contributed by atoms with E-state index in [1.807, 2.05) is 4.90 Å². The molecule has 1 N–H and O–H groups in total. The zero-order valence-corrected chi connectivity index (χ0v) is 23.1. The van der Waals surface area contributed by atoms with E-state index in [0.717, 1.165) is 45.2 Å². The maximum atomic E-state index is 14.9. The number of benzene rings is 2. The van der Waals surface area contributed by atoms with Gasteiger partial charge in [-0.2, -0.15) is 0 Å². The lowest BCUT2D eigenvalue weighted by Crippen LogP contribution is -2.62. The van der Waals surface area contributed by atoms with Crippen molar-refractivity contribution in [3.05, 3.63) is 53.1 Å². The van der Waals surface area contributed by atoms with E-state index < -0.39 is 29.9 Å². The van der Waals surface area contributed by atoms with Crippen molar-refractivity contribution in [2.24, 2.45) is 0 Å². The number of hydrogen-bond acceptors (Lipinski definition) is 8. The SMILES string of the molecule is COc1cc2nc(C)nc(NC(C)c3cccc(C(F)F)c3F)c2cc1OC(=O)N1CCN(C2COC2)CC12CC2. The highest BCUT2D eigenvalue weighted by Crippen LogP contribution is 2.46. The van der Waals surface area contributed by atoms with Gasteiger partial charge in [0.1, 0.15) is 17.5 Å². The molecular formula is C29H32F3N5O4. The molecule has 1 aliphatic carbocycles. The molecule has 1 saturated carbocycles. The van der Waals surface area contributed by atoms with Gasteiger partial charge in [-0.25, -0.2) is 27.9 Å². The second-order valence-electron chi connectivity index (χ2n) is 11.0. The topological polar surface area (TPSA) is 89.0 Å². The predicted molar refractivity (Wildman–Crippen MR) is 145 cm³/mol. The molecule has 3 fully saturated rings. The molecule has 218 valence electrons. The molecule has 6 rings (SSSR count). The summed E-state index contributed by atoms with van der Waals surface area (Å²) in [6.45, 7) is 6.94. The summed E-state index contributed by atoms with van der Waals surface area (Å²) in [5, 5.41) is 3.64. The Hall–Kier alpha value is -3.64. The van der Waals surface area contributed by atoms with Crippen LogP contribution >= 0.6 is 0 Å². The monoisotopic (exact) mass is 571 g/mol. The largest absolute Gasteiger partial charge is 0.493 e. The molecular weight excluding hydrogens is 539 g/mol. The van der Waals surface area contributed by atoms with E-state index >= 15 is 0 Å². The summed E-state index contributed by atoms with van der Waals surface area (Å²) in [5.41, 5.74) is -0.293. The lowest BCUT2D eigenvalue weighted by atomic mass is 10.0. The van der Waals surface area contributed by atoms with Gasteiger partial charge in [0.25, 0.3) is 6.43 Å². The van der Waals surface area contributed by atoms with Gasteiger partial charge in [-0.05, 0) is 32.8 Å². The van der Waals surface area contributed by atoms with E-state index in [1.165, 1.54) is 19.2 Å². The summed E-state index contributed by atoms with van der Waals surface area (Å²) < 4.78 is 58.3. The zero-order valence-electron chi connectivity index (χ0n) is 23.1. The van der Waals surface area contributed by atoms with Crippen molar-refractivity contribution >= 4 is 22.8 Å². The molecule has 2 saturated heterocycles. The van der Waals surface area contributed by atoms with Crippen LogP contribution in [-0.4, -0.2) is 77.4 Å². The van der Waals surface area contributed by atoms with Gasteiger partial charge < -0.3 is 19.5 Å². The number of amides is 1. The maximum Gasteiger partial charge on any atom is 0.415 e. The number of methoxy groups -OCH3 is 1. The third kappa shape index (κ3) is 5.14. The molecule has 1 amide bonds. The predicted octanol–water partition coefficient (Wildman–Crippen LogP) is 5.24. The molecule has 3 heterocycles. The van der Waals surface area contributed by atoms with Crippen molar-refractivity contribution < 1.29 is 32.2 Å². The van der Waals surface area contributed by atoms with Crippen molar-refractivity contribution in [1.29, 1.82) is 0 Å². The number of carbonyl (C=O) groups is 1. The highest BCUT2D eigenvalue weighted by molar-refractivity contribution is 5.92. The minimum absolute atomic E-state index is 0.0784. The van der Waals surface area contributed by atoms with Gasteiger partial charge in [-0.15, -0.1) is 0 Å². The first kappa shape index (κ1) is 27.5. The molecule has 12 heteroatoms. The van der Waals surface area contributed by atoms with Crippen LogP contribution in [0.4, 0.5) is 23.8 Å². The third-order valence-electron chi connectivity index (χ3n) is 8.27. The number of alkyl halides is 2. The Bertz CT molecular complexity index is 1480. The minimum atomic E-state index is -2.93. The number of aromatic nitrogens is 2. The Kier molecular flexibility index (Phi) is 7.14. The number of carbonyl (C=O) groups excluding carboxylic acids is 1. The second-order valence-corrected chi connectivity index (χ2v) is 11.0. The average Bonchev–Trinajstić information content (AvgIpc) is 3.66. The highest BCUT2D eigenvalue weighted by atomic mass is 19.3. The third-order valence-corrected chi connectivity index (χ3v) is 8.27. The van der Waals surface area contributed by atoms with Crippen LogP contribution in [0.5, 0.6) is 11.5 Å². The summed E-state index contributed by atoms with van der Waals surface area (Å²) in [6.07, 6.45) is -1.54. The lowest BCUT2D eigenvalue weighted by Gasteiger charge is -2.46. The van der Waals surface area contributed by atoms with E-state index in [-0.39, 0.29) is 16.9 Å². The zero-order chi connectivity index (χ0) is 28.9. The van der Waals surface area contributed by atoms with Crippen LogP contribution in [0.1, 0.15) is 49.2 Å². The van der Waals surface area contributed by atoms with Gasteiger partial charge in [-0.1, -0.05) is 18.2 Å². The Labute approximate surface area is 235 Å². The van der Waals surface area contributed by atoms with Crippen molar-refractivity contribution in [3.63, 3.8) is 0 Å². The number of anilines is 1. The highest BCUT2D eigenvalue weighted by Gasteiger charge is 2.55. The van der Waals surface area contributed by atoms with Gasteiger partial charge in [0.05, 0.1) is 49.0 Å². The van der Waals surface area contributed by atoms with Crippen LogP contribution in [0.2, 0.25) is 0 Å². The number of nitrogens with one attached hydrogen (secondary N) is 1. The van der Waals surface area contributed by atoms with Crippen molar-refractivity contribution in [1.82, 2.24) is 19.8 Å². The van der Waals surface area contributed by atoms with Gasteiger partial charge in [0.2, 0.25) is 0 Å². The summed E-state index contributed by atoms with van der Waals surface area (Å²) in [4.78, 5) is 26.7. The molecule has 1 aromatic heterocycles. The van der Waals surface area contributed by atoms with Crippen LogP contribution in [0.15, 0.2) is 30.3 Å². The van der Waals surface area contributed by atoms with E-state index in [4.69, 9.17) is 14.2 Å². The Morgan fingerprint density at radius 2 is 1.90 bits per heavy atom. The number of ether oxygens (including phenoxy) is 3. The molecule has 0 bridgehead atoms. The van der Waals surface area contributed by atoms with Crippen LogP contribution in [0, 0.1) is 12.7 Å². The van der Waals surface area contributed by atoms with Crippen LogP contribution in [-0.2, 0) is 4.74 Å². The van der Waals surface area contributed by atoms with E-state index in [0.29, 0.717) is 40.9 Å². The summed E-state index contributed by atoms with van der Waals surface area (Å²) >= 11 is 0. The molecule has 41 heavy (non-hydrogen) atoms. The van der Waals surface area contributed by atoms with Crippen molar-refractivity contribution in [2.75, 3.05) is 45.3 Å². The maximum absolute atomic E-state index is 14.9. The normalized spacial score (nSPS) is 19.3. The van der Waals surface area contributed by atoms with Crippen molar-refractivity contribution in [2.45, 2.75) is 50.7 Å². The lowest BCUT2D eigenvalue weighted by molar-refractivity contribution is -0.0859. The molecule has 9 nitrogen and oxygen atoms in total. The summed E-state index contributed by atoms with van der Waals surface area (Å²) in [5.74, 6) is 0.342. The number of aryl methyl sites for hydroxylation is 1. The van der Waals surface area contributed by atoms with Gasteiger partial charge in [0.15, 0.2) is 11.5 Å². The first-order chi connectivity index (χ1) is 19.7. The number of rotatable bonds is 7. The van der Waals surface area contributed by atoms with Crippen LogP contribution in [0.25, 0.3) is 10.9 Å².